The lowest BCUT2D eigenvalue weighted by atomic mass is 10.1. The van der Waals surface area contributed by atoms with E-state index in [2.05, 4.69) is 10.3 Å². The summed E-state index contributed by atoms with van der Waals surface area (Å²) < 4.78 is 5.89. The molecule has 1 amide bonds. The number of furan rings is 1. The first-order chi connectivity index (χ1) is 13.7. The molecule has 1 N–H and O–H groups in total. The molecule has 2 aromatic carbocycles. The number of pyridine rings is 1. The maximum atomic E-state index is 12.8. The molecule has 0 unspecified atom stereocenters. The van der Waals surface area contributed by atoms with Gasteiger partial charge in [-0.15, -0.1) is 11.8 Å². The Morgan fingerprint density at radius 3 is 2.68 bits per heavy atom. The summed E-state index contributed by atoms with van der Waals surface area (Å²) in [7, 11) is 0. The third kappa shape index (κ3) is 4.21. The van der Waals surface area contributed by atoms with Crippen LogP contribution in [0, 0.1) is 0 Å². The Kier molecular flexibility index (Phi) is 5.65. The van der Waals surface area contributed by atoms with E-state index in [1.54, 1.807) is 24.2 Å². The predicted molar refractivity (Wildman–Crippen MR) is 113 cm³/mol. The second kappa shape index (κ2) is 8.50. The van der Waals surface area contributed by atoms with Crippen LogP contribution in [0.5, 0.6) is 0 Å². The summed E-state index contributed by atoms with van der Waals surface area (Å²) in [5.74, 6) is 0.743. The molecule has 0 bridgehead atoms. The highest BCUT2D eigenvalue weighted by Gasteiger charge is 2.20. The zero-order valence-electron chi connectivity index (χ0n) is 14.9. The van der Waals surface area contributed by atoms with Crippen LogP contribution >= 0.6 is 23.4 Å². The number of hydrogen-bond donors (Lipinski definition) is 1. The van der Waals surface area contributed by atoms with Crippen molar-refractivity contribution in [3.8, 4) is 0 Å². The van der Waals surface area contributed by atoms with E-state index >= 15 is 0 Å². The number of nitrogens with zero attached hydrogens (tertiary/aromatic N) is 1. The number of halogens is 1. The fourth-order valence-corrected chi connectivity index (χ4v) is 3.93. The number of fused-ring (bicyclic) bond motifs is 1. The standard InChI is InChI=1S/C22H17ClN2O2S/c23-16-7-9-17(10-8-16)28-14-19-18-5-1-2-6-20(18)27-21(19)22(26)25-13-15-4-3-11-24-12-15/h1-12H,13-14H2,(H,25,26). The Morgan fingerprint density at radius 1 is 1.07 bits per heavy atom. The van der Waals surface area contributed by atoms with E-state index in [-0.39, 0.29) is 5.91 Å². The average molecular weight is 409 g/mol. The third-order valence-electron chi connectivity index (χ3n) is 4.28. The Morgan fingerprint density at radius 2 is 1.89 bits per heavy atom. The molecule has 0 saturated carbocycles. The van der Waals surface area contributed by atoms with Crippen LogP contribution in [0.2, 0.25) is 5.02 Å². The number of nitrogens with one attached hydrogen (secondary N) is 1. The number of carbonyl (C=O) groups excluding carboxylic acids is 1. The van der Waals surface area contributed by atoms with Crippen LogP contribution in [0.3, 0.4) is 0 Å². The fraction of sp³-hybridized carbons (Fsp3) is 0.0909. The van der Waals surface area contributed by atoms with Gasteiger partial charge in [-0.2, -0.15) is 0 Å². The van der Waals surface area contributed by atoms with Crippen molar-refractivity contribution >= 4 is 40.2 Å². The molecule has 28 heavy (non-hydrogen) atoms. The highest BCUT2D eigenvalue weighted by molar-refractivity contribution is 7.98. The van der Waals surface area contributed by atoms with Crippen molar-refractivity contribution in [2.75, 3.05) is 0 Å². The van der Waals surface area contributed by atoms with Crippen molar-refractivity contribution < 1.29 is 9.21 Å². The molecular weight excluding hydrogens is 392 g/mol. The van der Waals surface area contributed by atoms with Gasteiger partial charge in [-0.05, 0) is 42.0 Å². The normalized spacial score (nSPS) is 10.9. The molecule has 2 heterocycles. The minimum absolute atomic E-state index is 0.230. The molecule has 4 nitrogen and oxygen atoms in total. The maximum absolute atomic E-state index is 12.8. The summed E-state index contributed by atoms with van der Waals surface area (Å²) in [5.41, 5.74) is 2.53. The topological polar surface area (TPSA) is 55.1 Å². The molecular formula is C22H17ClN2O2S. The first-order valence-electron chi connectivity index (χ1n) is 8.76. The number of thioether (sulfide) groups is 1. The summed E-state index contributed by atoms with van der Waals surface area (Å²) in [6.45, 7) is 0.396. The Balaban J connectivity index is 1.57. The van der Waals surface area contributed by atoms with Crippen molar-refractivity contribution in [1.29, 1.82) is 0 Å². The van der Waals surface area contributed by atoms with E-state index in [4.69, 9.17) is 16.0 Å². The molecule has 4 aromatic rings. The largest absolute Gasteiger partial charge is 0.451 e. The van der Waals surface area contributed by atoms with Gasteiger partial charge in [-0.25, -0.2) is 0 Å². The molecule has 0 radical (unpaired) electrons. The van der Waals surface area contributed by atoms with Crippen molar-refractivity contribution in [3.63, 3.8) is 0 Å². The molecule has 2 aromatic heterocycles. The second-order valence-electron chi connectivity index (χ2n) is 6.19. The number of aromatic nitrogens is 1. The molecule has 4 rings (SSSR count). The number of benzene rings is 2. The van der Waals surface area contributed by atoms with Gasteiger partial charge in [0, 0.05) is 45.6 Å². The molecule has 0 aliphatic heterocycles. The van der Waals surface area contributed by atoms with Crippen LogP contribution < -0.4 is 5.32 Å². The van der Waals surface area contributed by atoms with Gasteiger partial charge in [0.1, 0.15) is 5.58 Å². The van der Waals surface area contributed by atoms with Gasteiger partial charge >= 0.3 is 0 Å². The molecule has 0 aliphatic carbocycles. The third-order valence-corrected chi connectivity index (χ3v) is 5.57. The number of amides is 1. The van der Waals surface area contributed by atoms with Crippen molar-refractivity contribution in [3.05, 3.63) is 95.0 Å². The van der Waals surface area contributed by atoms with Crippen molar-refractivity contribution in [2.45, 2.75) is 17.2 Å². The number of rotatable bonds is 6. The van der Waals surface area contributed by atoms with Gasteiger partial charge in [0.25, 0.3) is 5.91 Å². The minimum Gasteiger partial charge on any atom is -0.451 e. The summed E-state index contributed by atoms with van der Waals surface area (Å²) in [5, 5.41) is 4.58. The van der Waals surface area contributed by atoms with Crippen LogP contribution in [-0.4, -0.2) is 10.9 Å². The van der Waals surface area contributed by atoms with Crippen LogP contribution in [0.1, 0.15) is 21.7 Å². The summed E-state index contributed by atoms with van der Waals surface area (Å²) in [6.07, 6.45) is 3.44. The van der Waals surface area contributed by atoms with E-state index in [9.17, 15) is 4.79 Å². The second-order valence-corrected chi connectivity index (χ2v) is 7.68. The van der Waals surface area contributed by atoms with E-state index in [1.807, 2.05) is 60.7 Å². The zero-order chi connectivity index (χ0) is 19.3. The number of carbonyl (C=O) groups is 1. The lowest BCUT2D eigenvalue weighted by molar-refractivity contribution is 0.0924. The molecule has 140 valence electrons. The monoisotopic (exact) mass is 408 g/mol. The van der Waals surface area contributed by atoms with Crippen molar-refractivity contribution in [2.24, 2.45) is 0 Å². The van der Waals surface area contributed by atoms with Crippen LogP contribution in [-0.2, 0) is 12.3 Å². The van der Waals surface area contributed by atoms with Crippen molar-refractivity contribution in [1.82, 2.24) is 10.3 Å². The van der Waals surface area contributed by atoms with Crippen LogP contribution in [0.25, 0.3) is 11.0 Å². The van der Waals surface area contributed by atoms with E-state index < -0.39 is 0 Å². The molecule has 6 heteroatoms. The van der Waals surface area contributed by atoms with E-state index in [1.165, 1.54) is 0 Å². The van der Waals surface area contributed by atoms with Gasteiger partial charge in [0.05, 0.1) is 0 Å². The van der Waals surface area contributed by atoms with Gasteiger partial charge < -0.3 is 9.73 Å². The first kappa shape index (κ1) is 18.6. The fourth-order valence-electron chi connectivity index (χ4n) is 2.88. The average Bonchev–Trinajstić information content (AvgIpc) is 3.11. The maximum Gasteiger partial charge on any atom is 0.287 e. The predicted octanol–water partition coefficient (Wildman–Crippen LogP) is 5.70. The smallest absolute Gasteiger partial charge is 0.287 e. The lowest BCUT2D eigenvalue weighted by Crippen LogP contribution is -2.23. The van der Waals surface area contributed by atoms with Crippen LogP contribution in [0.15, 0.2) is 82.4 Å². The summed E-state index contributed by atoms with van der Waals surface area (Å²) >= 11 is 7.60. The van der Waals surface area contributed by atoms with Gasteiger partial charge in [-0.3, -0.25) is 9.78 Å². The molecule has 0 aliphatic rings. The highest BCUT2D eigenvalue weighted by atomic mass is 35.5. The first-order valence-corrected chi connectivity index (χ1v) is 10.1. The lowest BCUT2D eigenvalue weighted by Gasteiger charge is -2.06. The zero-order valence-corrected chi connectivity index (χ0v) is 16.5. The number of hydrogen-bond acceptors (Lipinski definition) is 4. The molecule has 0 saturated heterocycles. The highest BCUT2D eigenvalue weighted by Crippen LogP contribution is 2.32. The SMILES string of the molecule is O=C(NCc1cccnc1)c1oc2ccccc2c1CSc1ccc(Cl)cc1. The van der Waals surface area contributed by atoms with E-state index in [0.717, 1.165) is 21.4 Å². The van der Waals surface area contributed by atoms with E-state index in [0.29, 0.717) is 28.7 Å². The molecule has 0 spiro atoms. The Labute approximate surface area is 171 Å². The van der Waals surface area contributed by atoms with Crippen LogP contribution in [0.4, 0.5) is 0 Å². The summed E-state index contributed by atoms with van der Waals surface area (Å²) in [6, 6.07) is 19.1. The molecule has 0 atom stereocenters. The quantitative estimate of drug-likeness (QED) is 0.415. The number of para-hydroxylation sites is 1. The van der Waals surface area contributed by atoms with Gasteiger partial charge in [0.15, 0.2) is 5.76 Å². The summed E-state index contributed by atoms with van der Waals surface area (Å²) in [4.78, 5) is 18.0. The minimum atomic E-state index is -0.230. The van der Waals surface area contributed by atoms with Gasteiger partial charge in [0.2, 0.25) is 0 Å². The Bertz CT molecular complexity index is 1090. The molecule has 0 fully saturated rings. The Hall–Kier alpha value is -2.76. The van der Waals surface area contributed by atoms with Gasteiger partial charge in [-0.1, -0.05) is 35.9 Å².